The summed E-state index contributed by atoms with van der Waals surface area (Å²) in [6.07, 6.45) is 5.86. The summed E-state index contributed by atoms with van der Waals surface area (Å²) in [4.78, 5) is 44.4. The van der Waals surface area contributed by atoms with Crippen LogP contribution in [0.5, 0.6) is 5.75 Å². The van der Waals surface area contributed by atoms with Crippen LogP contribution < -0.4 is 15.3 Å². The van der Waals surface area contributed by atoms with Crippen LogP contribution in [0.3, 0.4) is 0 Å². The van der Waals surface area contributed by atoms with Crippen LogP contribution in [-0.4, -0.2) is 62.1 Å². The molecule has 0 unspecified atom stereocenters. The van der Waals surface area contributed by atoms with Gasteiger partial charge in [0, 0.05) is 36.8 Å². The predicted molar refractivity (Wildman–Crippen MR) is 176 cm³/mol. The number of carbonyl (C=O) groups excluding carboxylic acids is 1. The van der Waals surface area contributed by atoms with Gasteiger partial charge in [0.05, 0.1) is 28.9 Å². The molecular formula is C36H37F3N6O3. The van der Waals surface area contributed by atoms with Crippen LogP contribution >= 0.6 is 0 Å². The molecule has 0 radical (unpaired) electrons. The summed E-state index contributed by atoms with van der Waals surface area (Å²) < 4.78 is 54.9. The molecule has 3 aromatic heterocycles. The summed E-state index contributed by atoms with van der Waals surface area (Å²) >= 11 is 0. The Kier molecular flexibility index (Phi) is 7.79. The summed E-state index contributed by atoms with van der Waals surface area (Å²) in [6, 6.07) is 4.32. The van der Waals surface area contributed by atoms with Crippen LogP contribution in [0, 0.1) is 22.9 Å². The van der Waals surface area contributed by atoms with Crippen LogP contribution in [0.1, 0.15) is 64.1 Å². The van der Waals surface area contributed by atoms with Gasteiger partial charge in [-0.05, 0) is 81.4 Å². The van der Waals surface area contributed by atoms with Gasteiger partial charge in [-0.2, -0.15) is 4.98 Å². The van der Waals surface area contributed by atoms with Crippen LogP contribution in [0.25, 0.3) is 28.0 Å². The van der Waals surface area contributed by atoms with Gasteiger partial charge < -0.3 is 14.5 Å². The lowest BCUT2D eigenvalue weighted by molar-refractivity contribution is -0.128. The lowest BCUT2D eigenvalue weighted by atomic mass is 9.95. The smallest absolute Gasteiger partial charge is 0.355 e. The third kappa shape index (κ3) is 5.21. The van der Waals surface area contributed by atoms with Gasteiger partial charge in [-0.25, -0.2) is 27.5 Å². The number of aryl methyl sites for hydroxylation is 1. The number of nitrogens with zero attached hydrogens (tertiary/aromatic N) is 6. The summed E-state index contributed by atoms with van der Waals surface area (Å²) in [5.41, 5.74) is 0.109. The SMILES string of the molecule is C=CC(=O)N1C[C@H](C)N(c2nc(=O)n3c4nc(c(F)cc24)-c2c(F)ccc(F)c2OCC2(CCc4ccnc(C(C)C)c4-3)CC2)C[C@H]1C. The van der Waals surface area contributed by atoms with Gasteiger partial charge in [0.1, 0.15) is 17.3 Å². The first-order chi connectivity index (χ1) is 22.9. The molecule has 5 heterocycles. The first-order valence-corrected chi connectivity index (χ1v) is 16.4. The Hall–Kier alpha value is -4.74. The number of aromatic nitrogens is 4. The molecule has 2 atom stereocenters. The van der Waals surface area contributed by atoms with Gasteiger partial charge in [-0.15, -0.1) is 0 Å². The zero-order valence-electron chi connectivity index (χ0n) is 27.4. The molecule has 250 valence electrons. The molecule has 1 spiro atoms. The third-order valence-corrected chi connectivity index (χ3v) is 10.0. The molecular weight excluding hydrogens is 621 g/mol. The molecule has 0 N–H and O–H groups in total. The van der Waals surface area contributed by atoms with Crippen molar-refractivity contribution in [3.05, 3.63) is 82.3 Å². The van der Waals surface area contributed by atoms with Crippen LogP contribution in [0.2, 0.25) is 0 Å². The van der Waals surface area contributed by atoms with E-state index in [0.29, 0.717) is 37.3 Å². The Bertz CT molecular complexity index is 2040. The molecule has 1 saturated heterocycles. The van der Waals surface area contributed by atoms with Crippen molar-refractivity contribution in [1.82, 2.24) is 24.4 Å². The van der Waals surface area contributed by atoms with E-state index in [0.717, 1.165) is 30.5 Å². The number of piperazine rings is 1. The highest BCUT2D eigenvalue weighted by atomic mass is 19.1. The summed E-state index contributed by atoms with van der Waals surface area (Å²) in [6.45, 7) is 12.0. The van der Waals surface area contributed by atoms with E-state index in [-0.39, 0.29) is 52.8 Å². The summed E-state index contributed by atoms with van der Waals surface area (Å²) in [7, 11) is 0. The number of hydrogen-bond acceptors (Lipinski definition) is 7. The molecule has 1 amide bonds. The monoisotopic (exact) mass is 658 g/mol. The zero-order valence-corrected chi connectivity index (χ0v) is 27.4. The van der Waals surface area contributed by atoms with Crippen molar-refractivity contribution in [1.29, 1.82) is 0 Å². The lowest BCUT2D eigenvalue weighted by Crippen LogP contribution is -2.58. The first kappa shape index (κ1) is 31.8. The maximum Gasteiger partial charge on any atom is 0.355 e. The number of carbonyl (C=O) groups is 1. The molecule has 1 saturated carbocycles. The number of anilines is 1. The minimum absolute atomic E-state index is 0.0250. The maximum atomic E-state index is 16.4. The molecule has 3 aliphatic rings. The molecule has 1 aromatic carbocycles. The number of rotatable bonds is 3. The van der Waals surface area contributed by atoms with Crippen molar-refractivity contribution in [2.45, 2.75) is 71.4 Å². The quantitative estimate of drug-likeness (QED) is 0.246. The Morgan fingerprint density at radius 3 is 2.50 bits per heavy atom. The second-order valence-electron chi connectivity index (χ2n) is 13.7. The third-order valence-electron chi connectivity index (χ3n) is 10.0. The van der Waals surface area contributed by atoms with Crippen molar-refractivity contribution < 1.29 is 22.7 Å². The Morgan fingerprint density at radius 1 is 1.04 bits per heavy atom. The van der Waals surface area contributed by atoms with Crippen molar-refractivity contribution in [3.63, 3.8) is 0 Å². The van der Waals surface area contributed by atoms with Gasteiger partial charge in [0.25, 0.3) is 0 Å². The fraction of sp³-hybridized carbons (Fsp3) is 0.417. The largest absolute Gasteiger partial charge is 0.489 e. The van der Waals surface area contributed by atoms with Crippen LogP contribution in [0.15, 0.2) is 47.9 Å². The van der Waals surface area contributed by atoms with E-state index in [2.05, 4.69) is 21.5 Å². The highest BCUT2D eigenvalue weighted by molar-refractivity contribution is 5.92. The molecule has 9 nitrogen and oxygen atoms in total. The van der Waals surface area contributed by atoms with E-state index < -0.39 is 40.1 Å². The van der Waals surface area contributed by atoms with Crippen LogP contribution in [-0.2, 0) is 11.2 Å². The van der Waals surface area contributed by atoms with E-state index in [1.54, 1.807) is 11.1 Å². The zero-order chi connectivity index (χ0) is 34.1. The van der Waals surface area contributed by atoms with E-state index in [1.807, 2.05) is 38.7 Å². The number of pyridine rings is 2. The first-order valence-electron chi connectivity index (χ1n) is 16.4. The highest BCUT2D eigenvalue weighted by Gasteiger charge is 2.44. The van der Waals surface area contributed by atoms with E-state index in [9.17, 15) is 9.59 Å². The molecule has 48 heavy (non-hydrogen) atoms. The van der Waals surface area contributed by atoms with E-state index >= 15 is 13.2 Å². The minimum atomic E-state index is -0.933. The van der Waals surface area contributed by atoms with Gasteiger partial charge in [-0.1, -0.05) is 20.4 Å². The fourth-order valence-corrected chi connectivity index (χ4v) is 7.11. The topological polar surface area (TPSA) is 93.5 Å². The second-order valence-corrected chi connectivity index (χ2v) is 13.7. The van der Waals surface area contributed by atoms with Gasteiger partial charge in [-0.3, -0.25) is 9.78 Å². The van der Waals surface area contributed by atoms with Gasteiger partial charge >= 0.3 is 5.69 Å². The van der Waals surface area contributed by atoms with Crippen molar-refractivity contribution in [2.24, 2.45) is 5.41 Å². The maximum absolute atomic E-state index is 16.4. The van der Waals surface area contributed by atoms with Crippen molar-refractivity contribution in [3.8, 4) is 22.7 Å². The van der Waals surface area contributed by atoms with E-state index in [4.69, 9.17) is 4.74 Å². The van der Waals surface area contributed by atoms with Gasteiger partial charge in [0.15, 0.2) is 23.0 Å². The van der Waals surface area contributed by atoms with E-state index in [1.165, 1.54) is 16.7 Å². The Labute approximate surface area is 276 Å². The molecule has 12 heteroatoms. The number of halogens is 3. The normalized spacial score (nSPS) is 20.1. The fourth-order valence-electron chi connectivity index (χ4n) is 7.11. The highest BCUT2D eigenvalue weighted by Crippen LogP contribution is 2.51. The standard InChI is InChI=1S/C36H37F3N6O3/c1-6-27(46)43-16-21(5)44(17-20(43)4)33-23-15-26(39)30-28-24(37)7-8-25(38)32(28)48-18-36(12-13-36)11-9-22-10-14-40-29(19(2)3)31(22)45(34(23)41-30)35(47)42-33/h6-8,10,14-15,19-21H,1,9,11-13,16-18H2,2-5H3/t20-,21+/m1/s1. The number of fused-ring (bicyclic) bond motifs is 5. The molecule has 2 fully saturated rings. The molecule has 7 rings (SSSR count). The molecule has 2 bridgehead atoms. The number of benzene rings is 1. The molecule has 1 aliphatic carbocycles. The average molecular weight is 659 g/mol. The second kappa shape index (κ2) is 11.7. The summed E-state index contributed by atoms with van der Waals surface area (Å²) in [5, 5.41) is 0.204. The van der Waals surface area contributed by atoms with Crippen LogP contribution in [0.4, 0.5) is 19.0 Å². The molecule has 2 aliphatic heterocycles. The predicted octanol–water partition coefficient (Wildman–Crippen LogP) is 6.10. The number of ether oxygens (including phenoxy) is 1. The Morgan fingerprint density at radius 2 is 1.79 bits per heavy atom. The van der Waals surface area contributed by atoms with Gasteiger partial charge in [0.2, 0.25) is 5.91 Å². The number of amides is 1. The number of hydrogen-bond donors (Lipinski definition) is 0. The Balaban J connectivity index is 1.55. The van der Waals surface area contributed by atoms with Crippen molar-refractivity contribution >= 4 is 22.8 Å². The average Bonchev–Trinajstić information content (AvgIpc) is 3.83. The van der Waals surface area contributed by atoms with Crippen molar-refractivity contribution in [2.75, 3.05) is 24.6 Å². The lowest BCUT2D eigenvalue weighted by Gasteiger charge is -2.44. The minimum Gasteiger partial charge on any atom is -0.489 e. The summed E-state index contributed by atoms with van der Waals surface area (Å²) in [5.74, 6) is -3.24. The molecule has 4 aromatic rings.